The lowest BCUT2D eigenvalue weighted by atomic mass is 9.95. The van der Waals surface area contributed by atoms with Crippen LogP contribution in [0.2, 0.25) is 18.1 Å². The largest absolute Gasteiger partial charge is 0.467 e. The van der Waals surface area contributed by atoms with Gasteiger partial charge in [0.15, 0.2) is 32.3 Å². The van der Waals surface area contributed by atoms with Gasteiger partial charge in [-0.2, -0.15) is 0 Å². The van der Waals surface area contributed by atoms with Crippen molar-refractivity contribution in [3.8, 4) is 0 Å². The number of carbonyl (C=O) groups excluding carboxylic acids is 1. The van der Waals surface area contributed by atoms with Gasteiger partial charge in [0.05, 0.1) is 7.11 Å². The molecular formula is C20H36O8Si. The summed E-state index contributed by atoms with van der Waals surface area (Å²) >= 11 is 0. The molecule has 0 unspecified atom stereocenters. The van der Waals surface area contributed by atoms with E-state index in [9.17, 15) is 4.79 Å². The van der Waals surface area contributed by atoms with Crippen LogP contribution in [0, 0.1) is 0 Å². The molecule has 9 heteroatoms. The zero-order chi connectivity index (χ0) is 22.0. The third-order valence-electron chi connectivity index (χ3n) is 6.15. The highest BCUT2D eigenvalue weighted by Crippen LogP contribution is 2.46. The number of methoxy groups -OCH3 is 1. The van der Waals surface area contributed by atoms with Gasteiger partial charge in [0.25, 0.3) is 0 Å². The van der Waals surface area contributed by atoms with E-state index in [0.29, 0.717) is 0 Å². The van der Waals surface area contributed by atoms with Crippen molar-refractivity contribution < 1.29 is 37.6 Å². The van der Waals surface area contributed by atoms with Crippen LogP contribution >= 0.6 is 0 Å². The van der Waals surface area contributed by atoms with E-state index >= 15 is 0 Å². The number of hydrogen-bond donors (Lipinski definition) is 0. The van der Waals surface area contributed by atoms with E-state index in [1.54, 1.807) is 0 Å². The minimum absolute atomic E-state index is 0.100. The standard InChI is InChI=1S/C20H36O8Si/c1-18(2,3)29(9,10)28-14(16(21)22-8)11-12-13(25-19(4,5)24-12)15-17(23-11)27-20(6,7)26-15/h11-15,17H,1-10H3/t11-,12-,13-,14-,15+,17+/m0/s1. The summed E-state index contributed by atoms with van der Waals surface area (Å²) in [6, 6.07) is 0. The van der Waals surface area contributed by atoms with E-state index in [1.165, 1.54) is 7.11 Å². The second kappa shape index (κ2) is 7.25. The van der Waals surface area contributed by atoms with Gasteiger partial charge >= 0.3 is 5.97 Å². The highest BCUT2D eigenvalue weighted by Gasteiger charge is 2.63. The fourth-order valence-corrected chi connectivity index (χ4v) is 4.96. The van der Waals surface area contributed by atoms with Gasteiger partial charge < -0.3 is 32.8 Å². The number of esters is 1. The van der Waals surface area contributed by atoms with Crippen LogP contribution in [-0.4, -0.2) is 69.8 Å². The molecule has 0 radical (unpaired) electrons. The predicted octanol–water partition coefficient (Wildman–Crippen LogP) is 2.95. The van der Waals surface area contributed by atoms with Crippen LogP contribution < -0.4 is 0 Å². The quantitative estimate of drug-likeness (QED) is 0.495. The zero-order valence-electron chi connectivity index (χ0n) is 19.2. The third kappa shape index (κ3) is 4.42. The monoisotopic (exact) mass is 432 g/mol. The number of hydrogen-bond acceptors (Lipinski definition) is 8. The molecule has 0 amide bonds. The highest BCUT2D eigenvalue weighted by atomic mass is 28.4. The van der Waals surface area contributed by atoms with Crippen LogP contribution in [-0.2, 0) is 37.6 Å². The molecule has 0 aromatic heterocycles. The van der Waals surface area contributed by atoms with Crippen molar-refractivity contribution in [2.24, 2.45) is 0 Å². The van der Waals surface area contributed by atoms with Gasteiger partial charge in [-0.1, -0.05) is 20.8 Å². The first-order valence-corrected chi connectivity index (χ1v) is 13.1. The Morgan fingerprint density at radius 3 is 2.00 bits per heavy atom. The molecule has 0 spiro atoms. The molecular weight excluding hydrogens is 396 g/mol. The zero-order valence-corrected chi connectivity index (χ0v) is 20.2. The van der Waals surface area contributed by atoms with Gasteiger partial charge in [-0.25, -0.2) is 4.79 Å². The molecule has 8 nitrogen and oxygen atoms in total. The lowest BCUT2D eigenvalue weighted by Gasteiger charge is -2.44. The second-order valence-electron chi connectivity index (χ2n) is 10.5. The SMILES string of the molecule is COC(=O)[C@@H](O[Si](C)(C)C(C)(C)C)[C@H]1O[C@@H]2OC(C)(C)O[C@@H]2[C@H]2OC(C)(C)O[C@H]21. The van der Waals surface area contributed by atoms with Crippen molar-refractivity contribution in [3.63, 3.8) is 0 Å². The molecule has 6 atom stereocenters. The van der Waals surface area contributed by atoms with Crippen molar-refractivity contribution in [1.82, 2.24) is 0 Å². The Morgan fingerprint density at radius 1 is 0.931 bits per heavy atom. The Labute approximate surface area is 174 Å². The van der Waals surface area contributed by atoms with E-state index in [-0.39, 0.29) is 5.04 Å². The fourth-order valence-electron chi connectivity index (χ4n) is 3.75. The Kier molecular flexibility index (Phi) is 5.78. The number of fused-ring (bicyclic) bond motifs is 3. The first-order valence-electron chi connectivity index (χ1n) is 10.2. The first-order chi connectivity index (χ1) is 13.1. The third-order valence-corrected chi connectivity index (χ3v) is 10.6. The summed E-state index contributed by atoms with van der Waals surface area (Å²) < 4.78 is 42.1. The molecule has 3 rings (SSSR count). The van der Waals surface area contributed by atoms with E-state index in [1.807, 2.05) is 27.7 Å². The molecule has 29 heavy (non-hydrogen) atoms. The number of rotatable bonds is 4. The fraction of sp³-hybridized carbons (Fsp3) is 0.950. The molecule has 3 heterocycles. The van der Waals surface area contributed by atoms with E-state index in [4.69, 9.17) is 32.8 Å². The van der Waals surface area contributed by atoms with Crippen molar-refractivity contribution in [3.05, 3.63) is 0 Å². The van der Waals surface area contributed by atoms with Crippen LogP contribution in [0.4, 0.5) is 0 Å². The van der Waals surface area contributed by atoms with Gasteiger partial charge in [-0.15, -0.1) is 0 Å². The average Bonchev–Trinajstić information content (AvgIpc) is 3.04. The predicted molar refractivity (Wildman–Crippen MR) is 107 cm³/mol. The molecule has 0 aliphatic carbocycles. The van der Waals surface area contributed by atoms with Crippen LogP contribution in [0.1, 0.15) is 48.5 Å². The Bertz CT molecular complexity index is 641. The van der Waals surface area contributed by atoms with Gasteiger partial charge in [0.1, 0.15) is 24.4 Å². The Morgan fingerprint density at radius 2 is 1.45 bits per heavy atom. The average molecular weight is 433 g/mol. The van der Waals surface area contributed by atoms with E-state index < -0.39 is 62.7 Å². The minimum Gasteiger partial charge on any atom is -0.467 e. The topological polar surface area (TPSA) is 81.7 Å². The van der Waals surface area contributed by atoms with Crippen LogP contribution in [0.15, 0.2) is 0 Å². The van der Waals surface area contributed by atoms with Gasteiger partial charge in [0.2, 0.25) is 0 Å². The second-order valence-corrected chi connectivity index (χ2v) is 15.2. The maximum atomic E-state index is 12.8. The number of ether oxygens (including phenoxy) is 6. The summed E-state index contributed by atoms with van der Waals surface area (Å²) in [6.45, 7) is 17.8. The van der Waals surface area contributed by atoms with Crippen molar-refractivity contribution in [2.75, 3.05) is 7.11 Å². The molecule has 3 aliphatic rings. The van der Waals surface area contributed by atoms with Gasteiger partial charge in [-0.05, 0) is 45.8 Å². The highest BCUT2D eigenvalue weighted by molar-refractivity contribution is 6.74. The summed E-state index contributed by atoms with van der Waals surface area (Å²) in [5.41, 5.74) is 0. The molecule has 3 saturated heterocycles. The van der Waals surface area contributed by atoms with Gasteiger partial charge in [-0.3, -0.25) is 0 Å². The summed E-state index contributed by atoms with van der Waals surface area (Å²) in [7, 11) is -0.973. The summed E-state index contributed by atoms with van der Waals surface area (Å²) in [5.74, 6) is -2.17. The molecule has 0 bridgehead atoms. The lowest BCUT2D eigenvalue weighted by molar-refractivity contribution is -0.251. The maximum absolute atomic E-state index is 12.8. The van der Waals surface area contributed by atoms with Crippen molar-refractivity contribution in [2.45, 2.75) is 115 Å². The minimum atomic E-state index is -2.32. The van der Waals surface area contributed by atoms with Crippen molar-refractivity contribution in [1.29, 1.82) is 0 Å². The van der Waals surface area contributed by atoms with Crippen molar-refractivity contribution >= 4 is 14.3 Å². The summed E-state index contributed by atoms with van der Waals surface area (Å²) in [5, 5.41) is -0.100. The van der Waals surface area contributed by atoms with Crippen LogP contribution in [0.5, 0.6) is 0 Å². The van der Waals surface area contributed by atoms with Crippen LogP contribution in [0.25, 0.3) is 0 Å². The summed E-state index contributed by atoms with van der Waals surface area (Å²) in [4.78, 5) is 12.8. The summed E-state index contributed by atoms with van der Waals surface area (Å²) in [6.07, 6.45) is -3.87. The maximum Gasteiger partial charge on any atom is 0.336 e. The Hall–Kier alpha value is -0.553. The normalized spacial score (nSPS) is 37.0. The lowest BCUT2D eigenvalue weighted by Crippen LogP contribution is -2.62. The first kappa shape index (κ1) is 23.1. The molecule has 0 saturated carbocycles. The number of carbonyl (C=O) groups is 1. The smallest absolute Gasteiger partial charge is 0.336 e. The molecule has 0 aromatic rings. The van der Waals surface area contributed by atoms with Crippen LogP contribution in [0.3, 0.4) is 0 Å². The van der Waals surface area contributed by atoms with Gasteiger partial charge in [0, 0.05) is 0 Å². The van der Waals surface area contributed by atoms with E-state index in [0.717, 1.165) is 0 Å². The molecule has 3 aliphatic heterocycles. The molecule has 0 N–H and O–H groups in total. The molecule has 0 aromatic carbocycles. The molecule has 168 valence electrons. The Balaban J connectivity index is 1.95. The van der Waals surface area contributed by atoms with E-state index in [2.05, 4.69) is 33.9 Å². The molecule has 3 fully saturated rings.